The van der Waals surface area contributed by atoms with Crippen molar-refractivity contribution in [1.29, 1.82) is 0 Å². The maximum absolute atomic E-state index is 13.5. The Kier molecular flexibility index (Phi) is 4.40. The molecule has 1 unspecified atom stereocenters. The number of hydrogen-bond donors (Lipinski definition) is 1. The van der Waals surface area contributed by atoms with Gasteiger partial charge in [0.05, 0.1) is 23.5 Å². The first-order chi connectivity index (χ1) is 10.5. The summed E-state index contributed by atoms with van der Waals surface area (Å²) in [4.78, 5) is 11.8. The van der Waals surface area contributed by atoms with Gasteiger partial charge in [0.25, 0.3) is 0 Å². The van der Waals surface area contributed by atoms with E-state index in [1.54, 1.807) is 0 Å². The van der Waals surface area contributed by atoms with Crippen molar-refractivity contribution in [2.45, 2.75) is 25.3 Å². The Balaban J connectivity index is 2.22. The van der Waals surface area contributed by atoms with E-state index in [9.17, 15) is 35.2 Å². The summed E-state index contributed by atoms with van der Waals surface area (Å²) in [6.07, 6.45) is -1.00. The second-order valence-corrected chi connectivity index (χ2v) is 7.86. The second-order valence-electron chi connectivity index (χ2n) is 5.68. The predicted molar refractivity (Wildman–Crippen MR) is 69.8 cm³/mol. The van der Waals surface area contributed by atoms with Crippen molar-refractivity contribution in [3.05, 3.63) is 34.6 Å². The van der Waals surface area contributed by atoms with Crippen LogP contribution in [-0.4, -0.2) is 31.4 Å². The molecule has 23 heavy (non-hydrogen) atoms. The highest BCUT2D eigenvalue weighted by atomic mass is 32.2. The van der Waals surface area contributed by atoms with Crippen LogP contribution in [-0.2, 0) is 21.1 Å². The molecule has 2 rings (SSSR count). The molecule has 128 valence electrons. The number of nitrogens with one attached hydrogen (secondary N) is 1. The molecule has 1 atom stereocenters. The van der Waals surface area contributed by atoms with E-state index in [1.165, 1.54) is 6.92 Å². The van der Waals surface area contributed by atoms with Gasteiger partial charge in [-0.05, 0) is 13.3 Å². The highest BCUT2D eigenvalue weighted by Gasteiger charge is 2.39. The van der Waals surface area contributed by atoms with Gasteiger partial charge >= 0.3 is 0 Å². The van der Waals surface area contributed by atoms with Crippen molar-refractivity contribution in [2.24, 2.45) is 0 Å². The highest BCUT2D eigenvalue weighted by molar-refractivity contribution is 7.91. The first-order valence-electron chi connectivity index (χ1n) is 6.47. The molecule has 1 aromatic rings. The fraction of sp³-hybridized carbons (Fsp3) is 0.462. The van der Waals surface area contributed by atoms with Crippen LogP contribution in [0.25, 0.3) is 0 Å². The lowest BCUT2D eigenvalue weighted by atomic mass is 10.0. The Morgan fingerprint density at radius 2 is 1.52 bits per heavy atom. The maximum Gasteiger partial charge on any atom is 0.225 e. The van der Waals surface area contributed by atoms with Crippen molar-refractivity contribution >= 4 is 15.7 Å². The van der Waals surface area contributed by atoms with Gasteiger partial charge in [-0.25, -0.2) is 30.4 Å². The van der Waals surface area contributed by atoms with Crippen molar-refractivity contribution in [2.75, 3.05) is 11.5 Å². The maximum atomic E-state index is 13.5. The largest absolute Gasteiger partial charge is 0.350 e. The molecule has 1 aromatic carbocycles. The van der Waals surface area contributed by atoms with E-state index in [-0.39, 0.29) is 17.9 Å². The van der Waals surface area contributed by atoms with E-state index in [0.717, 1.165) is 0 Å². The molecule has 1 saturated heterocycles. The molecular weight excluding hydrogens is 345 g/mol. The molecule has 0 spiro atoms. The van der Waals surface area contributed by atoms with Crippen molar-refractivity contribution < 1.29 is 35.2 Å². The topological polar surface area (TPSA) is 63.2 Å². The van der Waals surface area contributed by atoms with Gasteiger partial charge in [-0.1, -0.05) is 0 Å². The third kappa shape index (κ3) is 3.46. The fourth-order valence-corrected chi connectivity index (χ4v) is 4.55. The van der Waals surface area contributed by atoms with Crippen molar-refractivity contribution in [3.8, 4) is 0 Å². The molecule has 1 aliphatic rings. The summed E-state index contributed by atoms with van der Waals surface area (Å²) in [5.74, 6) is -12.3. The van der Waals surface area contributed by atoms with Crippen LogP contribution in [0.5, 0.6) is 0 Å². The molecule has 0 aromatic heterocycles. The van der Waals surface area contributed by atoms with E-state index in [0.29, 0.717) is 0 Å². The number of benzene rings is 1. The third-order valence-electron chi connectivity index (χ3n) is 3.58. The summed E-state index contributed by atoms with van der Waals surface area (Å²) in [5, 5.41) is 2.28. The average molecular weight is 357 g/mol. The van der Waals surface area contributed by atoms with Gasteiger partial charge in [0.1, 0.15) is 0 Å². The van der Waals surface area contributed by atoms with Gasteiger partial charge in [-0.3, -0.25) is 4.79 Å². The number of hydrogen-bond acceptors (Lipinski definition) is 3. The number of carbonyl (C=O) groups excluding carboxylic acids is 1. The zero-order valence-corrected chi connectivity index (χ0v) is 12.7. The van der Waals surface area contributed by atoms with E-state index < -0.39 is 62.4 Å². The molecule has 0 aliphatic carbocycles. The van der Waals surface area contributed by atoms with Crippen LogP contribution in [0, 0.1) is 29.1 Å². The lowest BCUT2D eigenvalue weighted by Crippen LogP contribution is -2.47. The minimum Gasteiger partial charge on any atom is -0.350 e. The van der Waals surface area contributed by atoms with Crippen LogP contribution in [0.3, 0.4) is 0 Å². The van der Waals surface area contributed by atoms with E-state index >= 15 is 0 Å². The van der Waals surface area contributed by atoms with Gasteiger partial charge in [0.2, 0.25) is 11.7 Å². The third-order valence-corrected chi connectivity index (χ3v) is 5.49. The quantitative estimate of drug-likeness (QED) is 0.508. The van der Waals surface area contributed by atoms with Gasteiger partial charge < -0.3 is 5.32 Å². The molecule has 1 heterocycles. The van der Waals surface area contributed by atoms with Crippen molar-refractivity contribution in [1.82, 2.24) is 5.32 Å². The van der Waals surface area contributed by atoms with Crippen LogP contribution in [0.2, 0.25) is 0 Å². The predicted octanol–water partition coefficient (Wildman–Crippen LogP) is 1.62. The Bertz CT molecular complexity index is 751. The van der Waals surface area contributed by atoms with Crippen LogP contribution >= 0.6 is 0 Å². The number of rotatable bonds is 3. The molecule has 1 fully saturated rings. The normalized spacial score (nSPS) is 23.0. The zero-order valence-electron chi connectivity index (χ0n) is 11.9. The molecule has 1 aliphatic heterocycles. The minimum atomic E-state index is -3.34. The van der Waals surface area contributed by atoms with Gasteiger partial charge in [0.15, 0.2) is 33.1 Å². The summed E-state index contributed by atoms with van der Waals surface area (Å²) in [7, 11) is -3.34. The standard InChI is InChI=1S/C13H12F5NO3S/c1-13(2-3-23(21,22)5-13)19-7(20)4-6-8(14)10(16)12(18)11(17)9(6)15/h2-5H2,1H3,(H,19,20). The minimum absolute atomic E-state index is 0.0954. The summed E-state index contributed by atoms with van der Waals surface area (Å²) >= 11 is 0. The average Bonchev–Trinajstić information content (AvgIpc) is 2.72. The molecular formula is C13H12F5NO3S. The lowest BCUT2D eigenvalue weighted by Gasteiger charge is -2.24. The monoisotopic (exact) mass is 357 g/mol. The molecule has 4 nitrogen and oxygen atoms in total. The first-order valence-corrected chi connectivity index (χ1v) is 8.30. The number of amides is 1. The van der Waals surface area contributed by atoms with Crippen LogP contribution < -0.4 is 5.32 Å². The smallest absolute Gasteiger partial charge is 0.225 e. The van der Waals surface area contributed by atoms with E-state index in [2.05, 4.69) is 5.32 Å². The van der Waals surface area contributed by atoms with Gasteiger partial charge in [-0.2, -0.15) is 0 Å². The Morgan fingerprint density at radius 1 is 1.04 bits per heavy atom. The molecule has 1 amide bonds. The van der Waals surface area contributed by atoms with Crippen LogP contribution in [0.1, 0.15) is 18.9 Å². The zero-order chi connectivity index (χ0) is 17.6. The SMILES string of the molecule is CC1(NC(=O)Cc2c(F)c(F)c(F)c(F)c2F)CCS(=O)(=O)C1. The lowest BCUT2D eigenvalue weighted by molar-refractivity contribution is -0.122. The van der Waals surface area contributed by atoms with Gasteiger partial charge in [-0.15, -0.1) is 0 Å². The van der Waals surface area contributed by atoms with E-state index in [4.69, 9.17) is 0 Å². The fourth-order valence-electron chi connectivity index (χ4n) is 2.46. The molecule has 0 radical (unpaired) electrons. The summed E-state index contributed by atoms with van der Waals surface area (Å²) < 4.78 is 88.9. The first kappa shape index (κ1) is 17.6. The van der Waals surface area contributed by atoms with Crippen molar-refractivity contribution in [3.63, 3.8) is 0 Å². The number of carbonyl (C=O) groups is 1. The highest BCUT2D eigenvalue weighted by Crippen LogP contribution is 2.25. The van der Waals surface area contributed by atoms with Crippen LogP contribution in [0.15, 0.2) is 0 Å². The molecule has 0 saturated carbocycles. The summed E-state index contributed by atoms with van der Waals surface area (Å²) in [5.41, 5.74) is -2.40. The van der Waals surface area contributed by atoms with Crippen LogP contribution in [0.4, 0.5) is 22.0 Å². The molecule has 10 heteroatoms. The Morgan fingerprint density at radius 3 is 1.96 bits per heavy atom. The Labute approximate surface area is 128 Å². The van der Waals surface area contributed by atoms with Gasteiger partial charge in [0, 0.05) is 5.56 Å². The number of halogens is 5. The van der Waals surface area contributed by atoms with E-state index in [1.807, 2.05) is 0 Å². The molecule has 0 bridgehead atoms. The summed E-state index contributed by atoms with van der Waals surface area (Å²) in [6.45, 7) is 1.42. The molecule has 1 N–H and O–H groups in total. The Hall–Kier alpha value is -1.71. The number of sulfone groups is 1. The second kappa shape index (κ2) is 5.73. The summed E-state index contributed by atoms with van der Waals surface area (Å²) in [6, 6.07) is 0.